The topological polar surface area (TPSA) is 116 Å². The number of nitrogens with one attached hydrogen (secondary N) is 2. The SMILES string of the molecule is NN=C(C=Nc1cccc(C(=O)N2CCNCC2)c1)c1cc2ccccc2[nH]c1=O. The van der Waals surface area contributed by atoms with Crippen LogP contribution in [-0.2, 0) is 0 Å². The Bertz CT molecular complexity index is 1190. The van der Waals surface area contributed by atoms with Gasteiger partial charge in [-0.2, -0.15) is 5.10 Å². The van der Waals surface area contributed by atoms with Gasteiger partial charge in [0.1, 0.15) is 5.71 Å². The lowest BCUT2D eigenvalue weighted by Gasteiger charge is -2.27. The van der Waals surface area contributed by atoms with Crippen LogP contribution in [0.5, 0.6) is 0 Å². The van der Waals surface area contributed by atoms with Crippen molar-refractivity contribution in [3.63, 3.8) is 0 Å². The molecule has 1 aromatic heterocycles. The van der Waals surface area contributed by atoms with E-state index in [-0.39, 0.29) is 17.2 Å². The predicted octanol–water partition coefficient (Wildman–Crippen LogP) is 1.64. The molecule has 0 atom stereocenters. The van der Waals surface area contributed by atoms with E-state index in [9.17, 15) is 9.59 Å². The molecule has 4 N–H and O–H groups in total. The molecule has 2 heterocycles. The van der Waals surface area contributed by atoms with E-state index in [1.165, 1.54) is 6.21 Å². The summed E-state index contributed by atoms with van der Waals surface area (Å²) < 4.78 is 0. The summed E-state index contributed by atoms with van der Waals surface area (Å²) in [7, 11) is 0. The number of hydrogen-bond acceptors (Lipinski definition) is 6. The van der Waals surface area contributed by atoms with E-state index in [1.807, 2.05) is 29.2 Å². The Hall–Kier alpha value is -3.78. The molecule has 1 amide bonds. The first-order valence-corrected chi connectivity index (χ1v) is 9.70. The fourth-order valence-electron chi connectivity index (χ4n) is 3.42. The maximum Gasteiger partial charge on any atom is 0.258 e. The molecule has 152 valence electrons. The van der Waals surface area contributed by atoms with Gasteiger partial charge in [-0.3, -0.25) is 14.6 Å². The summed E-state index contributed by atoms with van der Waals surface area (Å²) in [6, 6.07) is 16.3. The number of H-pyrrole nitrogens is 1. The molecule has 0 spiro atoms. The van der Waals surface area contributed by atoms with Gasteiger partial charge < -0.3 is 21.0 Å². The second-order valence-electron chi connectivity index (χ2n) is 6.96. The van der Waals surface area contributed by atoms with Crippen LogP contribution in [0, 0.1) is 0 Å². The smallest absolute Gasteiger partial charge is 0.258 e. The van der Waals surface area contributed by atoms with Crippen molar-refractivity contribution in [3.8, 4) is 0 Å². The molecule has 8 heteroatoms. The van der Waals surface area contributed by atoms with E-state index in [4.69, 9.17) is 5.84 Å². The van der Waals surface area contributed by atoms with Crippen LogP contribution in [0.3, 0.4) is 0 Å². The lowest BCUT2D eigenvalue weighted by Crippen LogP contribution is -2.46. The number of aromatic amines is 1. The van der Waals surface area contributed by atoms with Gasteiger partial charge >= 0.3 is 0 Å². The molecular formula is C22H22N6O2. The van der Waals surface area contributed by atoms with Crippen LogP contribution in [0.15, 0.2) is 69.5 Å². The minimum Gasteiger partial charge on any atom is -0.336 e. The van der Waals surface area contributed by atoms with Gasteiger partial charge in [0, 0.05) is 37.3 Å². The standard InChI is InChI=1S/C22H22N6O2/c23-27-20(18-13-15-4-1-2-7-19(15)26-21(18)29)14-25-17-6-3-5-16(12-17)22(30)28-10-8-24-9-11-28/h1-7,12-14,24H,8-11,23H2,(H,26,29). The fourth-order valence-corrected chi connectivity index (χ4v) is 3.42. The monoisotopic (exact) mass is 402 g/mol. The van der Waals surface area contributed by atoms with Gasteiger partial charge in [0.2, 0.25) is 0 Å². The summed E-state index contributed by atoms with van der Waals surface area (Å²) in [5.41, 5.74) is 2.16. The highest BCUT2D eigenvalue weighted by molar-refractivity contribution is 6.38. The molecule has 8 nitrogen and oxygen atoms in total. The number of piperazine rings is 1. The van der Waals surface area contributed by atoms with Crippen LogP contribution < -0.4 is 16.7 Å². The molecule has 0 radical (unpaired) electrons. The first kappa shape index (κ1) is 19.5. The van der Waals surface area contributed by atoms with Crippen LogP contribution in [-0.4, -0.2) is 53.9 Å². The van der Waals surface area contributed by atoms with Crippen LogP contribution in [0.2, 0.25) is 0 Å². The lowest BCUT2D eigenvalue weighted by atomic mass is 10.1. The number of hydrazone groups is 1. The number of aliphatic imine (C=N–C) groups is 1. The Morgan fingerprint density at radius 3 is 2.67 bits per heavy atom. The molecule has 0 saturated carbocycles. The largest absolute Gasteiger partial charge is 0.336 e. The summed E-state index contributed by atoms with van der Waals surface area (Å²) in [5.74, 6) is 5.51. The molecule has 0 unspecified atom stereocenters. The number of nitrogens with two attached hydrogens (primary N) is 1. The van der Waals surface area contributed by atoms with Gasteiger partial charge in [0.15, 0.2) is 0 Å². The third kappa shape index (κ3) is 4.13. The average molecular weight is 402 g/mol. The second kappa shape index (κ2) is 8.71. The average Bonchev–Trinajstić information content (AvgIpc) is 2.80. The zero-order valence-electron chi connectivity index (χ0n) is 16.3. The number of pyridine rings is 1. The molecule has 1 saturated heterocycles. The highest BCUT2D eigenvalue weighted by Crippen LogP contribution is 2.16. The fraction of sp³-hybridized carbons (Fsp3) is 0.182. The number of nitrogens with zero attached hydrogens (tertiary/aromatic N) is 3. The summed E-state index contributed by atoms with van der Waals surface area (Å²) in [6.45, 7) is 2.95. The number of hydrogen-bond donors (Lipinski definition) is 3. The number of fused-ring (bicyclic) bond motifs is 1. The third-order valence-corrected chi connectivity index (χ3v) is 5.00. The summed E-state index contributed by atoms with van der Waals surface area (Å²) in [6.07, 6.45) is 1.44. The highest BCUT2D eigenvalue weighted by atomic mass is 16.2. The van der Waals surface area contributed by atoms with Gasteiger partial charge in [-0.05, 0) is 35.7 Å². The zero-order valence-corrected chi connectivity index (χ0v) is 16.3. The molecule has 1 fully saturated rings. The Balaban J connectivity index is 1.59. The number of carbonyl (C=O) groups excluding carboxylic acids is 1. The number of amides is 1. The molecule has 1 aliphatic rings. The normalized spacial score (nSPS) is 15.1. The van der Waals surface area contributed by atoms with E-state index < -0.39 is 0 Å². The summed E-state index contributed by atoms with van der Waals surface area (Å²) in [4.78, 5) is 34.2. The van der Waals surface area contributed by atoms with Gasteiger partial charge in [0.25, 0.3) is 11.5 Å². The Kier molecular flexibility index (Phi) is 5.67. The Labute approximate surface area is 173 Å². The molecule has 0 bridgehead atoms. The number of aromatic nitrogens is 1. The Morgan fingerprint density at radius 2 is 1.87 bits per heavy atom. The Morgan fingerprint density at radius 1 is 1.07 bits per heavy atom. The van der Waals surface area contributed by atoms with Gasteiger partial charge in [-0.15, -0.1) is 0 Å². The van der Waals surface area contributed by atoms with Gasteiger partial charge in [-0.1, -0.05) is 24.3 Å². The maximum atomic E-state index is 12.7. The molecule has 30 heavy (non-hydrogen) atoms. The number of benzene rings is 2. The second-order valence-corrected chi connectivity index (χ2v) is 6.96. The van der Waals surface area contributed by atoms with Crippen molar-refractivity contribution >= 4 is 34.4 Å². The number of para-hydroxylation sites is 1. The van der Waals surface area contributed by atoms with Crippen LogP contribution in [0.1, 0.15) is 15.9 Å². The van der Waals surface area contributed by atoms with E-state index in [1.54, 1.807) is 30.3 Å². The van der Waals surface area contributed by atoms with E-state index >= 15 is 0 Å². The van der Waals surface area contributed by atoms with Crippen LogP contribution in [0.25, 0.3) is 10.9 Å². The molecule has 2 aromatic carbocycles. The van der Waals surface area contributed by atoms with Gasteiger partial charge in [-0.25, -0.2) is 0 Å². The maximum absolute atomic E-state index is 12.7. The summed E-state index contributed by atoms with van der Waals surface area (Å²) in [5, 5.41) is 7.84. The minimum atomic E-state index is -0.299. The van der Waals surface area contributed by atoms with Crippen molar-refractivity contribution in [1.29, 1.82) is 0 Å². The van der Waals surface area contributed by atoms with Crippen LogP contribution in [0.4, 0.5) is 5.69 Å². The quantitative estimate of drug-likeness (QED) is 0.349. The third-order valence-electron chi connectivity index (χ3n) is 5.00. The number of carbonyl (C=O) groups is 1. The minimum absolute atomic E-state index is 0.0211. The van der Waals surface area contributed by atoms with Crippen molar-refractivity contribution < 1.29 is 4.79 Å². The first-order valence-electron chi connectivity index (χ1n) is 9.70. The van der Waals surface area contributed by atoms with Crippen molar-refractivity contribution in [2.75, 3.05) is 26.2 Å². The van der Waals surface area contributed by atoms with Gasteiger partial charge in [0.05, 0.1) is 17.5 Å². The zero-order chi connectivity index (χ0) is 20.9. The van der Waals surface area contributed by atoms with Crippen molar-refractivity contribution in [2.45, 2.75) is 0 Å². The van der Waals surface area contributed by atoms with Crippen molar-refractivity contribution in [2.24, 2.45) is 15.9 Å². The molecule has 1 aliphatic heterocycles. The molecular weight excluding hydrogens is 380 g/mol. The number of rotatable bonds is 4. The molecule has 0 aliphatic carbocycles. The molecule has 4 rings (SSSR count). The van der Waals surface area contributed by atoms with Crippen molar-refractivity contribution in [3.05, 3.63) is 76.1 Å². The predicted molar refractivity (Wildman–Crippen MR) is 119 cm³/mol. The van der Waals surface area contributed by atoms with E-state index in [0.29, 0.717) is 29.9 Å². The lowest BCUT2D eigenvalue weighted by molar-refractivity contribution is 0.0736. The summed E-state index contributed by atoms with van der Waals surface area (Å²) >= 11 is 0. The van der Waals surface area contributed by atoms with E-state index in [0.717, 1.165) is 24.0 Å². The molecule has 3 aromatic rings. The van der Waals surface area contributed by atoms with Crippen LogP contribution >= 0.6 is 0 Å². The van der Waals surface area contributed by atoms with E-state index in [2.05, 4.69) is 20.4 Å². The first-order chi connectivity index (χ1) is 14.7. The van der Waals surface area contributed by atoms with Crippen molar-refractivity contribution in [1.82, 2.24) is 15.2 Å². The highest BCUT2D eigenvalue weighted by Gasteiger charge is 2.18.